The van der Waals surface area contributed by atoms with Crippen LogP contribution in [0.4, 0.5) is 17.3 Å². The SMILES string of the molecule is OCCN1CCN(c2ccc(Nc3ncc4ccc(Br)n4n3)cc2)CC1. The molecule has 8 heteroatoms. The van der Waals surface area contributed by atoms with E-state index >= 15 is 0 Å². The van der Waals surface area contributed by atoms with E-state index in [4.69, 9.17) is 5.11 Å². The number of benzene rings is 1. The quantitative estimate of drug-likeness (QED) is 0.665. The first-order valence-corrected chi connectivity index (χ1v) is 9.48. The minimum Gasteiger partial charge on any atom is -0.395 e. The molecule has 4 rings (SSSR count). The molecule has 0 amide bonds. The summed E-state index contributed by atoms with van der Waals surface area (Å²) in [7, 11) is 0. The van der Waals surface area contributed by atoms with Crippen molar-refractivity contribution < 1.29 is 5.11 Å². The van der Waals surface area contributed by atoms with Crippen molar-refractivity contribution in [3.63, 3.8) is 0 Å². The summed E-state index contributed by atoms with van der Waals surface area (Å²) in [6.45, 7) is 4.93. The number of halogens is 1. The molecule has 3 aromatic rings. The molecule has 1 fully saturated rings. The summed E-state index contributed by atoms with van der Waals surface area (Å²) in [6.07, 6.45) is 1.79. The first kappa shape index (κ1) is 17.3. The molecule has 0 atom stereocenters. The van der Waals surface area contributed by atoms with E-state index in [1.54, 1.807) is 10.7 Å². The van der Waals surface area contributed by atoms with Gasteiger partial charge in [0.15, 0.2) is 0 Å². The molecule has 0 unspecified atom stereocenters. The van der Waals surface area contributed by atoms with Gasteiger partial charge in [-0.05, 0) is 52.3 Å². The predicted molar refractivity (Wildman–Crippen MR) is 106 cm³/mol. The van der Waals surface area contributed by atoms with Crippen molar-refractivity contribution in [2.75, 3.05) is 49.5 Å². The van der Waals surface area contributed by atoms with E-state index in [2.05, 4.69) is 53.3 Å². The molecule has 1 aromatic carbocycles. The zero-order valence-corrected chi connectivity index (χ0v) is 15.9. The third-order valence-corrected chi connectivity index (χ3v) is 5.23. The van der Waals surface area contributed by atoms with E-state index in [0.29, 0.717) is 5.95 Å². The third kappa shape index (κ3) is 3.67. The van der Waals surface area contributed by atoms with Gasteiger partial charge in [-0.3, -0.25) is 4.90 Å². The van der Waals surface area contributed by atoms with Crippen LogP contribution in [0.5, 0.6) is 0 Å². The van der Waals surface area contributed by atoms with Gasteiger partial charge in [0.25, 0.3) is 0 Å². The summed E-state index contributed by atoms with van der Waals surface area (Å²) in [5, 5.41) is 16.8. The molecular formula is C18H21BrN6O. The molecule has 0 saturated carbocycles. The normalized spacial score (nSPS) is 15.5. The molecule has 7 nitrogen and oxygen atoms in total. The lowest BCUT2D eigenvalue weighted by Gasteiger charge is -2.35. The van der Waals surface area contributed by atoms with Crippen LogP contribution >= 0.6 is 15.9 Å². The topological polar surface area (TPSA) is 68.9 Å². The van der Waals surface area contributed by atoms with Crippen molar-refractivity contribution in [3.05, 3.63) is 47.2 Å². The van der Waals surface area contributed by atoms with Crippen LogP contribution in [-0.2, 0) is 0 Å². The van der Waals surface area contributed by atoms with Crippen LogP contribution in [0.25, 0.3) is 5.52 Å². The van der Waals surface area contributed by atoms with Crippen LogP contribution in [0.15, 0.2) is 47.2 Å². The van der Waals surface area contributed by atoms with E-state index < -0.39 is 0 Å². The molecule has 136 valence electrons. The maximum absolute atomic E-state index is 9.04. The van der Waals surface area contributed by atoms with Gasteiger partial charge in [-0.25, -0.2) is 9.50 Å². The second-order valence-electron chi connectivity index (χ2n) is 6.30. The van der Waals surface area contributed by atoms with E-state index in [9.17, 15) is 0 Å². The summed E-state index contributed by atoms with van der Waals surface area (Å²) < 4.78 is 2.70. The number of aromatic nitrogens is 3. The summed E-state index contributed by atoms with van der Waals surface area (Å²) in [5.41, 5.74) is 3.11. The van der Waals surface area contributed by atoms with Crippen molar-refractivity contribution in [2.45, 2.75) is 0 Å². The Hall–Kier alpha value is -2.16. The fourth-order valence-electron chi connectivity index (χ4n) is 3.18. The molecule has 1 aliphatic rings. The Balaban J connectivity index is 1.42. The second kappa shape index (κ2) is 7.61. The smallest absolute Gasteiger partial charge is 0.245 e. The van der Waals surface area contributed by atoms with Crippen LogP contribution in [0.1, 0.15) is 0 Å². The molecule has 0 spiro atoms. The Morgan fingerprint density at radius 1 is 1.04 bits per heavy atom. The highest BCUT2D eigenvalue weighted by Gasteiger charge is 2.16. The number of nitrogens with one attached hydrogen (secondary N) is 1. The predicted octanol–water partition coefficient (Wildman–Crippen LogP) is 2.35. The zero-order chi connectivity index (χ0) is 17.9. The van der Waals surface area contributed by atoms with E-state index in [-0.39, 0.29) is 6.61 Å². The number of hydrogen-bond acceptors (Lipinski definition) is 6. The van der Waals surface area contributed by atoms with Gasteiger partial charge in [0.2, 0.25) is 5.95 Å². The van der Waals surface area contributed by atoms with Gasteiger partial charge in [0.05, 0.1) is 18.3 Å². The average molecular weight is 417 g/mol. The standard InChI is InChI=1S/C18H21BrN6O/c19-17-6-5-16-13-20-18(22-25(16)17)21-14-1-3-15(4-2-14)24-9-7-23(8-10-24)11-12-26/h1-6,13,26H,7-12H2,(H,21,22). The van der Waals surface area contributed by atoms with Crippen LogP contribution in [0.2, 0.25) is 0 Å². The first-order valence-electron chi connectivity index (χ1n) is 8.68. The molecule has 0 aliphatic carbocycles. The molecule has 3 heterocycles. The van der Waals surface area contributed by atoms with Gasteiger partial charge in [-0.1, -0.05) is 0 Å². The number of piperazine rings is 1. The minimum absolute atomic E-state index is 0.230. The largest absolute Gasteiger partial charge is 0.395 e. The second-order valence-corrected chi connectivity index (χ2v) is 7.11. The Morgan fingerprint density at radius 2 is 1.81 bits per heavy atom. The monoisotopic (exact) mass is 416 g/mol. The van der Waals surface area contributed by atoms with Gasteiger partial charge >= 0.3 is 0 Å². The van der Waals surface area contributed by atoms with Gasteiger partial charge < -0.3 is 15.3 Å². The van der Waals surface area contributed by atoms with E-state index in [1.165, 1.54) is 5.69 Å². The molecular weight excluding hydrogens is 396 g/mol. The molecule has 0 bridgehead atoms. The van der Waals surface area contributed by atoms with Crippen LogP contribution in [0.3, 0.4) is 0 Å². The van der Waals surface area contributed by atoms with E-state index in [1.807, 2.05) is 24.3 Å². The lowest BCUT2D eigenvalue weighted by atomic mass is 10.2. The number of aliphatic hydroxyl groups is 1. The fourth-order valence-corrected chi connectivity index (χ4v) is 3.60. The van der Waals surface area contributed by atoms with Crippen LogP contribution in [-0.4, -0.2) is 63.9 Å². The van der Waals surface area contributed by atoms with Crippen LogP contribution < -0.4 is 10.2 Å². The molecule has 26 heavy (non-hydrogen) atoms. The van der Waals surface area contributed by atoms with Crippen molar-refractivity contribution in [2.24, 2.45) is 0 Å². The maximum Gasteiger partial charge on any atom is 0.245 e. The number of rotatable bonds is 5. The third-order valence-electron chi connectivity index (χ3n) is 4.63. The molecule has 2 aromatic heterocycles. The number of anilines is 3. The summed E-state index contributed by atoms with van der Waals surface area (Å²) in [6, 6.07) is 12.2. The van der Waals surface area contributed by atoms with Gasteiger partial charge in [0, 0.05) is 44.1 Å². The molecule has 1 saturated heterocycles. The highest BCUT2D eigenvalue weighted by atomic mass is 79.9. The van der Waals surface area contributed by atoms with Gasteiger partial charge in [-0.15, -0.1) is 5.10 Å². The van der Waals surface area contributed by atoms with Crippen molar-refractivity contribution >= 4 is 38.8 Å². The number of β-amino-alcohol motifs (C(OH)–C–C–N with tert-alkyl or cyclic N) is 1. The average Bonchev–Trinajstić information content (AvgIpc) is 3.04. The van der Waals surface area contributed by atoms with E-state index in [0.717, 1.165) is 48.5 Å². The summed E-state index contributed by atoms with van der Waals surface area (Å²) in [5.74, 6) is 0.555. The van der Waals surface area contributed by atoms with Gasteiger partial charge in [0.1, 0.15) is 4.60 Å². The Morgan fingerprint density at radius 3 is 2.54 bits per heavy atom. The number of nitrogens with zero attached hydrogens (tertiary/aromatic N) is 5. The van der Waals surface area contributed by atoms with Crippen molar-refractivity contribution in [1.82, 2.24) is 19.5 Å². The summed E-state index contributed by atoms with van der Waals surface area (Å²) in [4.78, 5) is 9.02. The van der Waals surface area contributed by atoms with Crippen molar-refractivity contribution in [3.8, 4) is 0 Å². The lowest BCUT2D eigenvalue weighted by molar-refractivity contribution is 0.189. The number of hydrogen-bond donors (Lipinski definition) is 2. The Labute approximate surface area is 160 Å². The molecule has 0 radical (unpaired) electrons. The molecule has 1 aliphatic heterocycles. The number of fused-ring (bicyclic) bond motifs is 1. The first-order chi connectivity index (χ1) is 12.7. The lowest BCUT2D eigenvalue weighted by Crippen LogP contribution is -2.47. The maximum atomic E-state index is 9.04. The fraction of sp³-hybridized carbons (Fsp3) is 0.333. The zero-order valence-electron chi connectivity index (χ0n) is 14.3. The Bertz CT molecular complexity index is 873. The number of aliphatic hydroxyl groups excluding tert-OH is 1. The highest BCUT2D eigenvalue weighted by Crippen LogP contribution is 2.22. The van der Waals surface area contributed by atoms with Gasteiger partial charge in [-0.2, -0.15) is 0 Å². The Kier molecular flexibility index (Phi) is 5.05. The minimum atomic E-state index is 0.230. The molecule has 2 N–H and O–H groups in total. The summed E-state index contributed by atoms with van der Waals surface area (Å²) >= 11 is 3.48. The van der Waals surface area contributed by atoms with Crippen LogP contribution in [0, 0.1) is 0 Å². The highest BCUT2D eigenvalue weighted by molar-refractivity contribution is 9.10. The van der Waals surface area contributed by atoms with Crippen molar-refractivity contribution in [1.29, 1.82) is 0 Å².